The van der Waals surface area contributed by atoms with Crippen LogP contribution in [0.1, 0.15) is 13.8 Å². The van der Waals surface area contributed by atoms with Crippen molar-refractivity contribution in [1.29, 1.82) is 0 Å². The highest BCUT2D eigenvalue weighted by atomic mass is 16.5. The molecule has 1 N–H and O–H groups in total. The summed E-state index contributed by atoms with van der Waals surface area (Å²) in [6.45, 7) is 5.72. The van der Waals surface area contributed by atoms with E-state index in [0.29, 0.717) is 0 Å². The topological polar surface area (TPSA) is 38.3 Å². The number of hydrogen-bond acceptors (Lipinski definition) is 3. The SMILES string of the molecule is C1COCN1.CC(C)=O. The van der Waals surface area contributed by atoms with E-state index in [1.165, 1.54) is 13.8 Å². The Balaban J connectivity index is 0.000000148. The third kappa shape index (κ3) is 11.3. The predicted molar refractivity (Wildman–Crippen MR) is 35.2 cm³/mol. The predicted octanol–water partition coefficient (Wildman–Crippen LogP) is 0.159. The molecule has 0 saturated carbocycles. The van der Waals surface area contributed by atoms with Crippen molar-refractivity contribution in [2.45, 2.75) is 13.8 Å². The lowest BCUT2D eigenvalue weighted by Crippen LogP contribution is -2.05. The minimum Gasteiger partial charge on any atom is -0.365 e. The van der Waals surface area contributed by atoms with Gasteiger partial charge in [0, 0.05) is 6.54 Å². The Hall–Kier alpha value is -0.410. The van der Waals surface area contributed by atoms with Crippen molar-refractivity contribution in [1.82, 2.24) is 5.32 Å². The van der Waals surface area contributed by atoms with Gasteiger partial charge in [-0.05, 0) is 13.8 Å². The summed E-state index contributed by atoms with van der Waals surface area (Å²) in [6, 6.07) is 0. The minimum absolute atomic E-state index is 0.167. The van der Waals surface area contributed by atoms with Crippen molar-refractivity contribution in [3.8, 4) is 0 Å². The number of rotatable bonds is 0. The summed E-state index contributed by atoms with van der Waals surface area (Å²) in [4.78, 5) is 9.44. The molecule has 0 radical (unpaired) electrons. The average Bonchev–Trinajstić information content (AvgIpc) is 2.11. The molecule has 0 aromatic carbocycles. The first kappa shape index (κ1) is 8.59. The largest absolute Gasteiger partial charge is 0.365 e. The fourth-order valence-electron chi connectivity index (χ4n) is 0.361. The maximum atomic E-state index is 9.44. The number of Topliss-reactive ketones (excluding diaryl/α,β-unsaturated/α-hetero) is 1. The molecule has 0 unspecified atom stereocenters. The first-order valence-electron chi connectivity index (χ1n) is 2.99. The molecule has 9 heavy (non-hydrogen) atoms. The fourth-order valence-corrected chi connectivity index (χ4v) is 0.361. The third-order valence-electron chi connectivity index (χ3n) is 0.627. The summed E-state index contributed by atoms with van der Waals surface area (Å²) in [7, 11) is 0. The number of ketones is 1. The van der Waals surface area contributed by atoms with Crippen molar-refractivity contribution in [3.63, 3.8) is 0 Å². The average molecular weight is 131 g/mol. The fraction of sp³-hybridized carbons (Fsp3) is 0.833. The summed E-state index contributed by atoms with van der Waals surface area (Å²) in [6.07, 6.45) is 0. The van der Waals surface area contributed by atoms with E-state index in [1.54, 1.807) is 0 Å². The highest BCUT2D eigenvalue weighted by Gasteiger charge is 1.92. The van der Waals surface area contributed by atoms with Crippen LogP contribution in [0.5, 0.6) is 0 Å². The van der Waals surface area contributed by atoms with Crippen LogP contribution in [-0.2, 0) is 9.53 Å². The van der Waals surface area contributed by atoms with Crippen LogP contribution in [0.15, 0.2) is 0 Å². The zero-order valence-electron chi connectivity index (χ0n) is 5.94. The molecule has 1 heterocycles. The highest BCUT2D eigenvalue weighted by Crippen LogP contribution is 1.75. The van der Waals surface area contributed by atoms with Crippen LogP contribution >= 0.6 is 0 Å². The Labute approximate surface area is 55.4 Å². The van der Waals surface area contributed by atoms with E-state index in [4.69, 9.17) is 4.74 Å². The maximum absolute atomic E-state index is 9.44. The zero-order valence-corrected chi connectivity index (χ0v) is 5.94. The summed E-state index contributed by atoms with van der Waals surface area (Å²) < 4.78 is 4.83. The van der Waals surface area contributed by atoms with Crippen LogP contribution in [0.2, 0.25) is 0 Å². The van der Waals surface area contributed by atoms with Gasteiger partial charge >= 0.3 is 0 Å². The maximum Gasteiger partial charge on any atom is 0.126 e. The van der Waals surface area contributed by atoms with E-state index in [1.807, 2.05) is 0 Å². The van der Waals surface area contributed by atoms with Gasteiger partial charge in [-0.25, -0.2) is 0 Å². The number of ether oxygens (including phenoxy) is 1. The van der Waals surface area contributed by atoms with Crippen molar-refractivity contribution < 1.29 is 9.53 Å². The van der Waals surface area contributed by atoms with Crippen molar-refractivity contribution in [2.24, 2.45) is 0 Å². The molecule has 54 valence electrons. The molecule has 1 rings (SSSR count). The molecule has 0 spiro atoms. The van der Waals surface area contributed by atoms with E-state index >= 15 is 0 Å². The second-order valence-electron chi connectivity index (χ2n) is 1.96. The van der Waals surface area contributed by atoms with Gasteiger partial charge in [-0.1, -0.05) is 0 Å². The Kier molecular flexibility index (Phi) is 5.46. The van der Waals surface area contributed by atoms with Gasteiger partial charge in [-0.2, -0.15) is 0 Å². The molecule has 1 aliphatic heterocycles. The molecular formula is C6H13NO2. The van der Waals surface area contributed by atoms with Crippen LogP contribution in [0, 0.1) is 0 Å². The minimum atomic E-state index is 0.167. The van der Waals surface area contributed by atoms with Gasteiger partial charge in [-0.15, -0.1) is 0 Å². The molecule has 3 heteroatoms. The molecule has 1 aliphatic rings. The summed E-state index contributed by atoms with van der Waals surface area (Å²) >= 11 is 0. The quantitative estimate of drug-likeness (QED) is 0.509. The van der Waals surface area contributed by atoms with Gasteiger partial charge in [0.1, 0.15) is 5.78 Å². The number of carbonyl (C=O) groups is 1. The third-order valence-corrected chi connectivity index (χ3v) is 0.627. The lowest BCUT2D eigenvalue weighted by atomic mass is 10.6. The van der Waals surface area contributed by atoms with E-state index in [9.17, 15) is 4.79 Å². The molecule has 0 bridgehead atoms. The molecule has 0 atom stereocenters. The molecule has 0 aromatic heterocycles. The summed E-state index contributed by atoms with van der Waals surface area (Å²) in [5.41, 5.74) is 0. The second kappa shape index (κ2) is 5.72. The Morgan fingerprint density at radius 3 is 2.22 bits per heavy atom. The Morgan fingerprint density at radius 2 is 2.11 bits per heavy atom. The van der Waals surface area contributed by atoms with E-state index in [-0.39, 0.29) is 5.78 Å². The number of nitrogens with one attached hydrogen (secondary N) is 1. The zero-order chi connectivity index (χ0) is 7.11. The monoisotopic (exact) mass is 131 g/mol. The highest BCUT2D eigenvalue weighted by molar-refractivity contribution is 5.72. The molecule has 1 fully saturated rings. The molecule has 0 aromatic rings. The molecule has 0 amide bonds. The molecule has 0 aliphatic carbocycles. The lowest BCUT2D eigenvalue weighted by molar-refractivity contribution is -0.114. The van der Waals surface area contributed by atoms with E-state index < -0.39 is 0 Å². The van der Waals surface area contributed by atoms with Gasteiger partial charge in [0.2, 0.25) is 0 Å². The smallest absolute Gasteiger partial charge is 0.126 e. The van der Waals surface area contributed by atoms with E-state index in [0.717, 1.165) is 19.9 Å². The first-order valence-corrected chi connectivity index (χ1v) is 2.99. The Bertz CT molecular complexity index is 67.5. The van der Waals surface area contributed by atoms with Crippen molar-refractivity contribution >= 4 is 5.78 Å². The van der Waals surface area contributed by atoms with Crippen LogP contribution < -0.4 is 5.32 Å². The molecule has 3 nitrogen and oxygen atoms in total. The van der Waals surface area contributed by atoms with Gasteiger partial charge in [0.05, 0.1) is 13.3 Å². The van der Waals surface area contributed by atoms with Crippen LogP contribution in [-0.4, -0.2) is 25.7 Å². The second-order valence-corrected chi connectivity index (χ2v) is 1.96. The summed E-state index contributed by atoms with van der Waals surface area (Å²) in [5, 5.41) is 3.00. The number of carbonyl (C=O) groups excluding carboxylic acids is 1. The summed E-state index contributed by atoms with van der Waals surface area (Å²) in [5.74, 6) is 0.167. The normalized spacial score (nSPS) is 16.2. The van der Waals surface area contributed by atoms with Crippen molar-refractivity contribution in [3.05, 3.63) is 0 Å². The lowest BCUT2D eigenvalue weighted by Gasteiger charge is -1.76. The number of hydrogen-bond donors (Lipinski definition) is 1. The first-order chi connectivity index (χ1) is 4.23. The standard InChI is InChI=1S/C3H7NO.C3H6O/c1-2-5-3-4-1;1-3(2)4/h4H,1-3H2;1-2H3. The van der Waals surface area contributed by atoms with Gasteiger partial charge in [0.15, 0.2) is 0 Å². The Morgan fingerprint density at radius 1 is 1.56 bits per heavy atom. The van der Waals surface area contributed by atoms with Gasteiger partial charge in [0.25, 0.3) is 0 Å². The van der Waals surface area contributed by atoms with Crippen LogP contribution in [0.4, 0.5) is 0 Å². The van der Waals surface area contributed by atoms with Crippen molar-refractivity contribution in [2.75, 3.05) is 19.9 Å². The van der Waals surface area contributed by atoms with Crippen LogP contribution in [0.3, 0.4) is 0 Å². The molecular weight excluding hydrogens is 118 g/mol. The van der Waals surface area contributed by atoms with Crippen LogP contribution in [0.25, 0.3) is 0 Å². The van der Waals surface area contributed by atoms with E-state index in [2.05, 4.69) is 5.32 Å². The van der Waals surface area contributed by atoms with Gasteiger partial charge < -0.3 is 9.53 Å². The van der Waals surface area contributed by atoms with Gasteiger partial charge in [-0.3, -0.25) is 5.32 Å². The molecule has 1 saturated heterocycles.